The van der Waals surface area contributed by atoms with Crippen molar-refractivity contribution in [1.82, 2.24) is 0 Å². The van der Waals surface area contributed by atoms with E-state index in [4.69, 9.17) is 23.2 Å². The first-order valence-corrected chi connectivity index (χ1v) is 5.96. The van der Waals surface area contributed by atoms with E-state index >= 15 is 0 Å². The van der Waals surface area contributed by atoms with Crippen molar-refractivity contribution in [2.24, 2.45) is 4.99 Å². The topological polar surface area (TPSA) is 12.4 Å². The van der Waals surface area contributed by atoms with Crippen molar-refractivity contribution >= 4 is 35.1 Å². The predicted molar refractivity (Wildman–Crippen MR) is 74.9 cm³/mol. The molecule has 0 unspecified atom stereocenters. The average Bonchev–Trinajstić information content (AvgIpc) is 2.30. The molecule has 2 aromatic rings. The Morgan fingerprint density at radius 2 is 1.59 bits per heavy atom. The summed E-state index contributed by atoms with van der Waals surface area (Å²) < 4.78 is 0. The summed E-state index contributed by atoms with van der Waals surface area (Å²) in [6, 6.07) is 13.2. The Kier molecular flexibility index (Phi) is 3.82. The lowest BCUT2D eigenvalue weighted by molar-refractivity contribution is 1.40. The molecule has 0 N–H and O–H groups in total. The molecule has 2 aromatic carbocycles. The molecule has 86 valence electrons. The molecule has 0 amide bonds. The monoisotopic (exact) mass is 263 g/mol. The molecule has 0 saturated heterocycles. The molecule has 0 aliphatic rings. The molecule has 0 saturated carbocycles. The normalized spacial score (nSPS) is 11.0. The highest BCUT2D eigenvalue weighted by Gasteiger charge is 1.96. The molecule has 2 rings (SSSR count). The zero-order valence-electron chi connectivity index (χ0n) is 9.32. The number of aliphatic imine (C=N–C) groups is 1. The summed E-state index contributed by atoms with van der Waals surface area (Å²) in [6.07, 6.45) is 1.81. The molecule has 1 nitrogen and oxygen atoms in total. The quantitative estimate of drug-likeness (QED) is 0.673. The molecule has 0 atom stereocenters. The number of halogens is 2. The van der Waals surface area contributed by atoms with Crippen LogP contribution >= 0.6 is 23.2 Å². The average molecular weight is 264 g/mol. The second-order valence-electron chi connectivity index (χ2n) is 3.74. The van der Waals surface area contributed by atoms with Gasteiger partial charge in [0.05, 0.1) is 5.69 Å². The van der Waals surface area contributed by atoms with Crippen LogP contribution in [0.4, 0.5) is 5.69 Å². The van der Waals surface area contributed by atoms with E-state index < -0.39 is 0 Å². The zero-order chi connectivity index (χ0) is 12.3. The molecule has 0 aromatic heterocycles. The third kappa shape index (κ3) is 3.32. The third-order valence-electron chi connectivity index (χ3n) is 2.38. The van der Waals surface area contributed by atoms with Gasteiger partial charge >= 0.3 is 0 Å². The van der Waals surface area contributed by atoms with Crippen molar-refractivity contribution in [1.29, 1.82) is 0 Å². The minimum Gasteiger partial charge on any atom is -0.256 e. The fourth-order valence-corrected chi connectivity index (χ4v) is 1.81. The number of hydrogen-bond acceptors (Lipinski definition) is 1. The summed E-state index contributed by atoms with van der Waals surface area (Å²) >= 11 is 11.7. The van der Waals surface area contributed by atoms with Gasteiger partial charge in [-0.25, -0.2) is 0 Å². The van der Waals surface area contributed by atoms with Gasteiger partial charge in [0, 0.05) is 16.3 Å². The Morgan fingerprint density at radius 3 is 2.24 bits per heavy atom. The summed E-state index contributed by atoms with van der Waals surface area (Å²) in [7, 11) is 0. The van der Waals surface area contributed by atoms with Crippen LogP contribution in [0.2, 0.25) is 10.0 Å². The van der Waals surface area contributed by atoms with Crippen LogP contribution in [0.15, 0.2) is 47.5 Å². The predicted octanol–water partition coefficient (Wildman–Crippen LogP) is 5.05. The van der Waals surface area contributed by atoms with Crippen LogP contribution < -0.4 is 0 Å². The van der Waals surface area contributed by atoms with Crippen LogP contribution in [0.25, 0.3) is 0 Å². The fraction of sp³-hybridized carbons (Fsp3) is 0.0714. The molecule has 0 spiro atoms. The highest BCUT2D eigenvalue weighted by molar-refractivity contribution is 6.31. The maximum absolute atomic E-state index is 5.88. The molecule has 0 bridgehead atoms. The van der Waals surface area contributed by atoms with Crippen LogP contribution in [0.3, 0.4) is 0 Å². The molecular formula is C14H11Cl2N. The van der Waals surface area contributed by atoms with Gasteiger partial charge in [-0.1, -0.05) is 35.3 Å². The van der Waals surface area contributed by atoms with E-state index in [9.17, 15) is 0 Å². The lowest BCUT2D eigenvalue weighted by Gasteiger charge is -2.00. The largest absolute Gasteiger partial charge is 0.256 e. The number of hydrogen-bond donors (Lipinski definition) is 0. The minimum absolute atomic E-state index is 0.727. The van der Waals surface area contributed by atoms with Crippen molar-refractivity contribution < 1.29 is 0 Å². The summed E-state index contributed by atoms with van der Waals surface area (Å²) in [5.41, 5.74) is 3.00. The number of aryl methyl sites for hydroxylation is 1. The number of nitrogens with zero attached hydrogens (tertiary/aromatic N) is 1. The van der Waals surface area contributed by atoms with E-state index in [1.165, 1.54) is 0 Å². The maximum atomic E-state index is 5.88. The summed E-state index contributed by atoms with van der Waals surface area (Å²) in [5.74, 6) is 0. The van der Waals surface area contributed by atoms with Crippen molar-refractivity contribution in [3.05, 3.63) is 63.6 Å². The smallest absolute Gasteiger partial charge is 0.0660 e. The van der Waals surface area contributed by atoms with Gasteiger partial charge in [-0.2, -0.15) is 0 Å². The fourth-order valence-electron chi connectivity index (χ4n) is 1.46. The van der Waals surface area contributed by atoms with E-state index in [0.717, 1.165) is 26.9 Å². The minimum atomic E-state index is 0.727. The molecule has 3 heteroatoms. The Balaban J connectivity index is 2.23. The van der Waals surface area contributed by atoms with Crippen molar-refractivity contribution in [3.8, 4) is 0 Å². The van der Waals surface area contributed by atoms with Crippen LogP contribution in [0.5, 0.6) is 0 Å². The molecule has 0 radical (unpaired) electrons. The van der Waals surface area contributed by atoms with E-state index in [1.54, 1.807) is 0 Å². The van der Waals surface area contributed by atoms with Gasteiger partial charge in [0.1, 0.15) is 0 Å². The molecule has 0 heterocycles. The summed E-state index contributed by atoms with van der Waals surface area (Å²) in [4.78, 5) is 4.42. The van der Waals surface area contributed by atoms with Crippen molar-refractivity contribution in [2.45, 2.75) is 6.92 Å². The molecule has 17 heavy (non-hydrogen) atoms. The van der Waals surface area contributed by atoms with E-state index in [1.807, 2.05) is 55.6 Å². The molecule has 0 fully saturated rings. The first-order chi connectivity index (χ1) is 8.15. The Morgan fingerprint density at radius 1 is 0.941 bits per heavy atom. The zero-order valence-corrected chi connectivity index (χ0v) is 10.8. The summed E-state index contributed by atoms with van der Waals surface area (Å²) in [6.45, 7) is 1.99. The van der Waals surface area contributed by atoms with Crippen molar-refractivity contribution in [3.63, 3.8) is 0 Å². The lowest BCUT2D eigenvalue weighted by atomic mass is 10.2. The molecule has 0 aliphatic heterocycles. The second kappa shape index (κ2) is 5.35. The maximum Gasteiger partial charge on any atom is 0.0660 e. The second-order valence-corrected chi connectivity index (χ2v) is 4.61. The van der Waals surface area contributed by atoms with Gasteiger partial charge in [0.15, 0.2) is 0 Å². The molecular weight excluding hydrogens is 253 g/mol. The van der Waals surface area contributed by atoms with Crippen molar-refractivity contribution in [2.75, 3.05) is 0 Å². The highest BCUT2D eigenvalue weighted by atomic mass is 35.5. The van der Waals surface area contributed by atoms with Gasteiger partial charge in [0.25, 0.3) is 0 Å². The first kappa shape index (κ1) is 12.2. The Hall–Kier alpha value is -1.31. The highest BCUT2D eigenvalue weighted by Crippen LogP contribution is 2.22. The van der Waals surface area contributed by atoms with Crippen LogP contribution in [0.1, 0.15) is 11.1 Å². The van der Waals surface area contributed by atoms with Crippen LogP contribution in [-0.2, 0) is 0 Å². The molecule has 0 aliphatic carbocycles. The third-order valence-corrected chi connectivity index (χ3v) is 2.87. The standard InChI is InChI=1S/C14H11Cl2N/c1-10-8-13(16)6-7-14(10)17-9-11-2-4-12(15)5-3-11/h2-9H,1H3/b17-9+. The van der Waals surface area contributed by atoms with Gasteiger partial charge < -0.3 is 0 Å². The number of rotatable bonds is 2. The van der Waals surface area contributed by atoms with E-state index in [-0.39, 0.29) is 0 Å². The first-order valence-electron chi connectivity index (χ1n) is 5.21. The van der Waals surface area contributed by atoms with Crippen LogP contribution in [-0.4, -0.2) is 6.21 Å². The van der Waals surface area contributed by atoms with Gasteiger partial charge in [-0.05, 0) is 48.4 Å². The number of benzene rings is 2. The van der Waals surface area contributed by atoms with E-state index in [0.29, 0.717) is 0 Å². The van der Waals surface area contributed by atoms with E-state index in [2.05, 4.69) is 4.99 Å². The van der Waals surface area contributed by atoms with Crippen LogP contribution in [0, 0.1) is 6.92 Å². The van der Waals surface area contributed by atoms with Gasteiger partial charge in [-0.15, -0.1) is 0 Å². The van der Waals surface area contributed by atoms with Gasteiger partial charge in [0.2, 0.25) is 0 Å². The SMILES string of the molecule is Cc1cc(Cl)ccc1/N=C/c1ccc(Cl)cc1. The lowest BCUT2D eigenvalue weighted by Crippen LogP contribution is -1.80. The Labute approximate surface area is 111 Å². The van der Waals surface area contributed by atoms with Gasteiger partial charge in [-0.3, -0.25) is 4.99 Å². The Bertz CT molecular complexity index is 545. The summed E-state index contributed by atoms with van der Waals surface area (Å²) in [5, 5.41) is 1.46.